The molecule has 0 radical (unpaired) electrons. The summed E-state index contributed by atoms with van der Waals surface area (Å²) in [5.41, 5.74) is 1.83. The van der Waals surface area contributed by atoms with Gasteiger partial charge in [-0.05, 0) is 55.9 Å². The first kappa shape index (κ1) is 26.0. The van der Waals surface area contributed by atoms with E-state index in [1.807, 2.05) is 61.5 Å². The average molecular weight is 478 g/mol. The molecule has 3 unspecified atom stereocenters. The van der Waals surface area contributed by atoms with Crippen LogP contribution in [0.5, 0.6) is 0 Å². The number of benzene rings is 2. The summed E-state index contributed by atoms with van der Waals surface area (Å²) in [4.78, 5) is 40.8. The van der Waals surface area contributed by atoms with Crippen molar-refractivity contribution in [2.75, 3.05) is 6.54 Å². The Morgan fingerprint density at radius 2 is 1.80 bits per heavy atom. The predicted octanol–water partition coefficient (Wildman–Crippen LogP) is 4.45. The minimum Gasteiger partial charge on any atom is -0.444 e. The molecule has 3 amide bonds. The second-order valence-electron chi connectivity index (χ2n) is 9.92. The maximum Gasteiger partial charge on any atom is 0.408 e. The Labute approximate surface area is 207 Å². The van der Waals surface area contributed by atoms with Crippen LogP contribution in [0.25, 0.3) is 6.08 Å². The van der Waals surface area contributed by atoms with E-state index in [4.69, 9.17) is 4.74 Å². The Balaban J connectivity index is 1.86. The summed E-state index contributed by atoms with van der Waals surface area (Å²) in [6.45, 7) is 11.2. The lowest BCUT2D eigenvalue weighted by molar-refractivity contribution is -0.141. The van der Waals surface area contributed by atoms with Gasteiger partial charge in [0, 0.05) is 12.6 Å². The Kier molecular flexibility index (Phi) is 8.33. The lowest BCUT2D eigenvalue weighted by Gasteiger charge is -2.32. The molecule has 3 atom stereocenters. The molecule has 0 aliphatic heterocycles. The van der Waals surface area contributed by atoms with E-state index >= 15 is 0 Å². The number of carbonyl (C=O) groups is 3. The van der Waals surface area contributed by atoms with Gasteiger partial charge in [0.05, 0.1) is 0 Å². The van der Waals surface area contributed by atoms with Crippen LogP contribution in [0.2, 0.25) is 0 Å². The molecule has 0 aromatic heterocycles. The first-order valence-corrected chi connectivity index (χ1v) is 11.9. The molecule has 35 heavy (non-hydrogen) atoms. The molecular weight excluding hydrogens is 442 g/mol. The van der Waals surface area contributed by atoms with Gasteiger partial charge in [-0.2, -0.15) is 0 Å². The second-order valence-corrected chi connectivity index (χ2v) is 9.92. The fraction of sp³-hybridized carbons (Fsp3) is 0.393. The third kappa shape index (κ3) is 7.44. The predicted molar refractivity (Wildman–Crippen MR) is 136 cm³/mol. The van der Waals surface area contributed by atoms with Gasteiger partial charge in [0.25, 0.3) is 0 Å². The van der Waals surface area contributed by atoms with Crippen LogP contribution in [0.1, 0.15) is 56.8 Å². The van der Waals surface area contributed by atoms with Gasteiger partial charge in [-0.15, -0.1) is 0 Å². The maximum atomic E-state index is 13.6. The third-order valence-electron chi connectivity index (χ3n) is 5.79. The standard InChI is InChI=1S/C28H35N3O4/c1-6-20-13-10-14-22(16-20)25(26(33)29-17-21-11-8-7-9-12-21)31(23-15-19(23)2)24(32)18-30-27(34)35-28(3,4)5/h6-14,16,19,23,25H,1,15,17-18H2,2-5H3,(H,29,33)(H,30,34). The van der Waals surface area contributed by atoms with Crippen molar-refractivity contribution >= 4 is 24.0 Å². The summed E-state index contributed by atoms with van der Waals surface area (Å²) in [6.07, 6.45) is 1.83. The molecule has 3 rings (SSSR count). The van der Waals surface area contributed by atoms with Crippen LogP contribution in [-0.4, -0.2) is 41.0 Å². The highest BCUT2D eigenvalue weighted by atomic mass is 16.6. The number of amides is 3. The number of alkyl carbamates (subject to hydrolysis) is 1. The molecule has 1 fully saturated rings. The summed E-state index contributed by atoms with van der Waals surface area (Å²) >= 11 is 0. The molecule has 0 spiro atoms. The van der Waals surface area contributed by atoms with Crippen molar-refractivity contribution in [3.63, 3.8) is 0 Å². The second kappa shape index (κ2) is 11.2. The average Bonchev–Trinajstić information content (AvgIpc) is 3.54. The molecule has 2 aromatic rings. The van der Waals surface area contributed by atoms with Crippen LogP contribution in [0.15, 0.2) is 61.2 Å². The molecule has 0 saturated heterocycles. The van der Waals surface area contributed by atoms with Gasteiger partial charge in [0.2, 0.25) is 11.8 Å². The topological polar surface area (TPSA) is 87.7 Å². The van der Waals surface area contributed by atoms with Gasteiger partial charge in [-0.1, -0.05) is 68.1 Å². The Hall–Kier alpha value is -3.61. The number of nitrogens with zero attached hydrogens (tertiary/aromatic N) is 1. The molecule has 2 aromatic carbocycles. The highest BCUT2D eigenvalue weighted by molar-refractivity contribution is 5.91. The fourth-order valence-corrected chi connectivity index (χ4v) is 3.94. The molecular formula is C28H35N3O4. The maximum absolute atomic E-state index is 13.6. The number of ether oxygens (including phenoxy) is 1. The van der Waals surface area contributed by atoms with E-state index < -0.39 is 17.7 Å². The zero-order chi connectivity index (χ0) is 25.6. The quantitative estimate of drug-likeness (QED) is 0.559. The van der Waals surface area contributed by atoms with E-state index in [0.717, 1.165) is 17.5 Å². The molecule has 7 heteroatoms. The van der Waals surface area contributed by atoms with Crippen LogP contribution >= 0.6 is 0 Å². The SMILES string of the molecule is C=Cc1cccc(C(C(=O)NCc2ccccc2)N(C(=O)CNC(=O)OC(C)(C)C)C2CC2C)c1. The van der Waals surface area contributed by atoms with Crippen LogP contribution in [-0.2, 0) is 20.9 Å². The zero-order valence-corrected chi connectivity index (χ0v) is 20.9. The number of hydrogen-bond donors (Lipinski definition) is 2. The van der Waals surface area contributed by atoms with E-state index in [-0.39, 0.29) is 30.3 Å². The normalized spacial score (nSPS) is 17.6. The minimum absolute atomic E-state index is 0.0946. The summed E-state index contributed by atoms with van der Waals surface area (Å²) in [6, 6.07) is 16.1. The fourth-order valence-electron chi connectivity index (χ4n) is 3.94. The smallest absolute Gasteiger partial charge is 0.408 e. The van der Waals surface area contributed by atoms with Crippen LogP contribution in [0, 0.1) is 5.92 Å². The van der Waals surface area contributed by atoms with Crippen molar-refractivity contribution < 1.29 is 19.1 Å². The molecule has 1 saturated carbocycles. The van der Waals surface area contributed by atoms with Crippen molar-refractivity contribution in [1.29, 1.82) is 0 Å². The largest absolute Gasteiger partial charge is 0.444 e. The van der Waals surface area contributed by atoms with Crippen molar-refractivity contribution in [3.8, 4) is 0 Å². The van der Waals surface area contributed by atoms with E-state index in [1.165, 1.54) is 0 Å². The molecule has 0 heterocycles. The monoisotopic (exact) mass is 477 g/mol. The van der Waals surface area contributed by atoms with Gasteiger partial charge in [0.1, 0.15) is 18.2 Å². The summed E-state index contributed by atoms with van der Waals surface area (Å²) < 4.78 is 5.26. The van der Waals surface area contributed by atoms with E-state index in [2.05, 4.69) is 17.2 Å². The molecule has 186 valence electrons. The Morgan fingerprint density at radius 3 is 2.40 bits per heavy atom. The van der Waals surface area contributed by atoms with E-state index in [9.17, 15) is 14.4 Å². The lowest BCUT2D eigenvalue weighted by Crippen LogP contribution is -2.49. The number of carbonyl (C=O) groups excluding carboxylic acids is 3. The van der Waals surface area contributed by atoms with Gasteiger partial charge in [0.15, 0.2) is 0 Å². The van der Waals surface area contributed by atoms with E-state index in [0.29, 0.717) is 12.1 Å². The molecule has 0 bridgehead atoms. The molecule has 1 aliphatic rings. The lowest BCUT2D eigenvalue weighted by atomic mass is 10.0. The Morgan fingerprint density at radius 1 is 1.11 bits per heavy atom. The highest BCUT2D eigenvalue weighted by Crippen LogP contribution is 2.40. The number of hydrogen-bond acceptors (Lipinski definition) is 4. The third-order valence-corrected chi connectivity index (χ3v) is 5.79. The highest BCUT2D eigenvalue weighted by Gasteiger charge is 2.46. The van der Waals surface area contributed by atoms with E-state index in [1.54, 1.807) is 31.7 Å². The molecule has 2 N–H and O–H groups in total. The minimum atomic E-state index is -0.846. The summed E-state index contributed by atoms with van der Waals surface area (Å²) in [7, 11) is 0. The molecule has 7 nitrogen and oxygen atoms in total. The van der Waals surface area contributed by atoms with Gasteiger partial charge in [-0.3, -0.25) is 9.59 Å². The first-order chi connectivity index (χ1) is 16.6. The summed E-state index contributed by atoms with van der Waals surface area (Å²) in [5.74, 6) is -0.360. The number of nitrogens with one attached hydrogen (secondary N) is 2. The van der Waals surface area contributed by atoms with Crippen LogP contribution in [0.4, 0.5) is 4.79 Å². The zero-order valence-electron chi connectivity index (χ0n) is 20.9. The van der Waals surface area contributed by atoms with Gasteiger partial charge < -0.3 is 20.3 Å². The van der Waals surface area contributed by atoms with Gasteiger partial charge in [-0.25, -0.2) is 4.79 Å². The number of rotatable bonds is 9. The van der Waals surface area contributed by atoms with Crippen LogP contribution < -0.4 is 10.6 Å². The Bertz CT molecular complexity index is 1060. The van der Waals surface area contributed by atoms with Crippen molar-refractivity contribution in [2.24, 2.45) is 5.92 Å². The van der Waals surface area contributed by atoms with Crippen molar-refractivity contribution in [3.05, 3.63) is 77.9 Å². The molecule has 1 aliphatic carbocycles. The van der Waals surface area contributed by atoms with Crippen molar-refractivity contribution in [1.82, 2.24) is 15.5 Å². The van der Waals surface area contributed by atoms with Crippen molar-refractivity contribution in [2.45, 2.75) is 58.3 Å². The summed E-state index contributed by atoms with van der Waals surface area (Å²) in [5, 5.41) is 5.54. The van der Waals surface area contributed by atoms with Gasteiger partial charge >= 0.3 is 6.09 Å². The van der Waals surface area contributed by atoms with Crippen LogP contribution in [0.3, 0.4) is 0 Å². The first-order valence-electron chi connectivity index (χ1n) is 11.9.